The zero-order valence-corrected chi connectivity index (χ0v) is 14.7. The molecule has 0 spiro atoms. The van der Waals surface area contributed by atoms with Gasteiger partial charge in [0.2, 0.25) is 0 Å². The summed E-state index contributed by atoms with van der Waals surface area (Å²) in [5.74, 6) is 1.08. The molecular formula is C18H19BrO4. The Labute approximate surface area is 144 Å². The lowest BCUT2D eigenvalue weighted by molar-refractivity contribution is -0.142. The van der Waals surface area contributed by atoms with Crippen LogP contribution in [0.2, 0.25) is 0 Å². The van der Waals surface area contributed by atoms with E-state index in [0.29, 0.717) is 12.2 Å². The molecule has 2 rings (SSSR count). The van der Waals surface area contributed by atoms with Crippen molar-refractivity contribution in [3.8, 4) is 11.5 Å². The Kier molecular flexibility index (Phi) is 5.80. The molecule has 0 amide bonds. The fourth-order valence-corrected chi connectivity index (χ4v) is 2.32. The highest BCUT2D eigenvalue weighted by atomic mass is 79.9. The van der Waals surface area contributed by atoms with Crippen LogP contribution in [0.5, 0.6) is 11.5 Å². The summed E-state index contributed by atoms with van der Waals surface area (Å²) in [5.41, 5.74) is -0.321. The fraction of sp³-hybridized carbons (Fsp3) is 0.278. The summed E-state index contributed by atoms with van der Waals surface area (Å²) < 4.78 is 11.6. The van der Waals surface area contributed by atoms with E-state index in [1.54, 1.807) is 19.1 Å². The SMILES string of the molecule is CC(=O)OCCC(C)(O)c1ccc(Oc2ccc(Br)cc2)cc1. The van der Waals surface area contributed by atoms with E-state index in [1.807, 2.05) is 36.4 Å². The van der Waals surface area contributed by atoms with E-state index in [2.05, 4.69) is 15.9 Å². The van der Waals surface area contributed by atoms with Gasteiger partial charge in [0.25, 0.3) is 0 Å². The zero-order valence-electron chi connectivity index (χ0n) is 13.1. The molecule has 4 nitrogen and oxygen atoms in total. The minimum absolute atomic E-state index is 0.180. The number of aliphatic hydroxyl groups is 1. The Morgan fingerprint density at radius 1 is 1.09 bits per heavy atom. The standard InChI is InChI=1S/C18H19BrO4/c1-13(20)22-12-11-18(2,21)14-3-7-16(8-4-14)23-17-9-5-15(19)6-10-17/h3-10,21H,11-12H2,1-2H3. The van der Waals surface area contributed by atoms with Crippen molar-refractivity contribution < 1.29 is 19.4 Å². The van der Waals surface area contributed by atoms with E-state index in [9.17, 15) is 9.90 Å². The molecule has 0 aliphatic carbocycles. The van der Waals surface area contributed by atoms with Gasteiger partial charge in [0.1, 0.15) is 11.5 Å². The van der Waals surface area contributed by atoms with E-state index >= 15 is 0 Å². The minimum atomic E-state index is -1.06. The number of carbonyl (C=O) groups excluding carboxylic acids is 1. The molecule has 1 unspecified atom stereocenters. The predicted molar refractivity (Wildman–Crippen MR) is 91.5 cm³/mol. The summed E-state index contributed by atoms with van der Waals surface area (Å²) in [6.45, 7) is 3.23. The van der Waals surface area contributed by atoms with Crippen LogP contribution in [0.25, 0.3) is 0 Å². The number of halogens is 1. The fourth-order valence-electron chi connectivity index (χ4n) is 2.06. The molecule has 2 aromatic rings. The van der Waals surface area contributed by atoms with Crippen LogP contribution in [-0.4, -0.2) is 17.7 Å². The van der Waals surface area contributed by atoms with Gasteiger partial charge in [0.15, 0.2) is 0 Å². The maximum atomic E-state index is 10.8. The van der Waals surface area contributed by atoms with Crippen LogP contribution in [0.4, 0.5) is 0 Å². The van der Waals surface area contributed by atoms with Gasteiger partial charge >= 0.3 is 5.97 Å². The molecule has 0 heterocycles. The lowest BCUT2D eigenvalue weighted by Crippen LogP contribution is -2.23. The third-order valence-electron chi connectivity index (χ3n) is 3.42. The van der Waals surface area contributed by atoms with Crippen molar-refractivity contribution in [2.75, 3.05) is 6.61 Å². The Morgan fingerprint density at radius 2 is 1.61 bits per heavy atom. The molecular weight excluding hydrogens is 360 g/mol. The summed E-state index contributed by atoms with van der Waals surface area (Å²) in [6.07, 6.45) is 0.333. The molecule has 0 aromatic heterocycles. The van der Waals surface area contributed by atoms with Crippen LogP contribution in [0, 0.1) is 0 Å². The third kappa shape index (κ3) is 5.37. The molecule has 0 saturated carbocycles. The second-order valence-electron chi connectivity index (χ2n) is 5.44. The van der Waals surface area contributed by atoms with Gasteiger partial charge in [-0.3, -0.25) is 4.79 Å². The second kappa shape index (κ2) is 7.62. The molecule has 5 heteroatoms. The highest BCUT2D eigenvalue weighted by Crippen LogP contribution is 2.28. The van der Waals surface area contributed by atoms with Crippen molar-refractivity contribution in [2.45, 2.75) is 25.9 Å². The summed E-state index contributed by atoms with van der Waals surface area (Å²) in [7, 11) is 0. The number of rotatable bonds is 6. The first-order valence-electron chi connectivity index (χ1n) is 7.26. The molecule has 0 radical (unpaired) electrons. The maximum absolute atomic E-state index is 10.8. The molecule has 0 saturated heterocycles. The number of hydrogen-bond donors (Lipinski definition) is 1. The average Bonchev–Trinajstić information content (AvgIpc) is 2.49. The van der Waals surface area contributed by atoms with Crippen molar-refractivity contribution in [1.29, 1.82) is 0 Å². The first kappa shape index (κ1) is 17.5. The van der Waals surface area contributed by atoms with Crippen LogP contribution in [-0.2, 0) is 15.1 Å². The first-order valence-corrected chi connectivity index (χ1v) is 8.06. The number of benzene rings is 2. The van der Waals surface area contributed by atoms with Crippen molar-refractivity contribution in [3.63, 3.8) is 0 Å². The van der Waals surface area contributed by atoms with Crippen molar-refractivity contribution in [1.82, 2.24) is 0 Å². The highest BCUT2D eigenvalue weighted by Gasteiger charge is 2.23. The molecule has 0 bridgehead atoms. The van der Waals surface area contributed by atoms with Crippen molar-refractivity contribution >= 4 is 21.9 Å². The Bertz CT molecular complexity index is 648. The summed E-state index contributed by atoms with van der Waals surface area (Å²) >= 11 is 3.38. The average molecular weight is 379 g/mol. The van der Waals surface area contributed by atoms with E-state index in [1.165, 1.54) is 6.92 Å². The van der Waals surface area contributed by atoms with Crippen molar-refractivity contribution in [2.24, 2.45) is 0 Å². The van der Waals surface area contributed by atoms with Gasteiger partial charge in [-0.05, 0) is 48.9 Å². The van der Waals surface area contributed by atoms with E-state index in [-0.39, 0.29) is 12.6 Å². The van der Waals surface area contributed by atoms with Crippen molar-refractivity contribution in [3.05, 3.63) is 58.6 Å². The Balaban J connectivity index is 2.00. The topological polar surface area (TPSA) is 55.8 Å². The normalized spacial score (nSPS) is 13.2. The lowest BCUT2D eigenvalue weighted by Gasteiger charge is -2.23. The van der Waals surface area contributed by atoms with Crippen LogP contribution in [0.3, 0.4) is 0 Å². The summed E-state index contributed by atoms with van der Waals surface area (Å²) in [6, 6.07) is 14.8. The molecule has 0 aliphatic heterocycles. The van der Waals surface area contributed by atoms with E-state index < -0.39 is 5.60 Å². The van der Waals surface area contributed by atoms with Crippen LogP contribution in [0.1, 0.15) is 25.8 Å². The van der Waals surface area contributed by atoms with E-state index in [4.69, 9.17) is 9.47 Å². The first-order chi connectivity index (χ1) is 10.9. The minimum Gasteiger partial charge on any atom is -0.466 e. The molecule has 2 aromatic carbocycles. The Morgan fingerprint density at radius 3 is 2.13 bits per heavy atom. The number of esters is 1. The Hall–Kier alpha value is -1.85. The third-order valence-corrected chi connectivity index (χ3v) is 3.95. The molecule has 1 N–H and O–H groups in total. The maximum Gasteiger partial charge on any atom is 0.302 e. The van der Waals surface area contributed by atoms with Crippen LogP contribution in [0.15, 0.2) is 53.0 Å². The zero-order chi connectivity index (χ0) is 16.9. The van der Waals surface area contributed by atoms with Gasteiger partial charge in [-0.1, -0.05) is 28.1 Å². The molecule has 0 aliphatic rings. The second-order valence-corrected chi connectivity index (χ2v) is 6.36. The molecule has 0 fully saturated rings. The molecule has 1 atom stereocenters. The smallest absolute Gasteiger partial charge is 0.302 e. The van der Waals surface area contributed by atoms with Crippen LogP contribution >= 0.6 is 15.9 Å². The largest absolute Gasteiger partial charge is 0.466 e. The monoisotopic (exact) mass is 378 g/mol. The highest BCUT2D eigenvalue weighted by molar-refractivity contribution is 9.10. The van der Waals surface area contributed by atoms with Gasteiger partial charge in [-0.15, -0.1) is 0 Å². The quantitative estimate of drug-likeness (QED) is 0.756. The molecule has 122 valence electrons. The predicted octanol–water partition coefficient (Wildman–Crippen LogP) is 4.40. The number of ether oxygens (including phenoxy) is 2. The van der Waals surface area contributed by atoms with Crippen LogP contribution < -0.4 is 4.74 Å². The van der Waals surface area contributed by atoms with Gasteiger partial charge in [-0.25, -0.2) is 0 Å². The van der Waals surface area contributed by atoms with Gasteiger partial charge in [0, 0.05) is 17.8 Å². The van der Waals surface area contributed by atoms with E-state index in [0.717, 1.165) is 15.8 Å². The van der Waals surface area contributed by atoms with Gasteiger partial charge in [-0.2, -0.15) is 0 Å². The number of hydrogen-bond acceptors (Lipinski definition) is 4. The summed E-state index contributed by atoms with van der Waals surface area (Å²) in [5, 5.41) is 10.5. The van der Waals surface area contributed by atoms with Gasteiger partial charge in [0.05, 0.1) is 12.2 Å². The lowest BCUT2D eigenvalue weighted by atomic mass is 9.93. The van der Waals surface area contributed by atoms with Gasteiger partial charge < -0.3 is 14.6 Å². The molecule has 23 heavy (non-hydrogen) atoms. The number of carbonyl (C=O) groups is 1. The summed E-state index contributed by atoms with van der Waals surface area (Å²) in [4.78, 5) is 10.8.